The van der Waals surface area contributed by atoms with Gasteiger partial charge >= 0.3 is 5.97 Å². The smallest absolute Gasteiger partial charge is 0.362 e. The minimum Gasteiger partial charge on any atom is -0.509 e. The lowest BCUT2D eigenvalue weighted by atomic mass is 10.1. The van der Waals surface area contributed by atoms with E-state index in [-0.39, 0.29) is 30.3 Å². The van der Waals surface area contributed by atoms with Crippen molar-refractivity contribution < 1.29 is 23.8 Å². The fourth-order valence-electron chi connectivity index (χ4n) is 2.05. The lowest BCUT2D eigenvalue weighted by Crippen LogP contribution is -2.09. The SMILES string of the molecule is CCOC(=O)C(N=Nc1ccc(OC)cc1)=C(O)Cc1ccc(F)cc1. The number of nitrogens with zero attached hydrogens (tertiary/aromatic N) is 2. The van der Waals surface area contributed by atoms with Crippen LogP contribution < -0.4 is 4.74 Å². The molecule has 0 aliphatic heterocycles. The summed E-state index contributed by atoms with van der Waals surface area (Å²) >= 11 is 0. The Kier molecular flexibility index (Phi) is 6.84. The minimum atomic E-state index is -0.788. The van der Waals surface area contributed by atoms with Crippen molar-refractivity contribution in [2.24, 2.45) is 10.2 Å². The molecule has 7 heteroatoms. The van der Waals surface area contributed by atoms with Gasteiger partial charge in [-0.25, -0.2) is 9.18 Å². The second-order valence-corrected chi connectivity index (χ2v) is 5.22. The summed E-state index contributed by atoms with van der Waals surface area (Å²) in [7, 11) is 1.55. The molecule has 2 rings (SSSR count). The van der Waals surface area contributed by atoms with Gasteiger partial charge in [-0.05, 0) is 48.9 Å². The molecule has 0 atom stereocenters. The first-order valence-electron chi connectivity index (χ1n) is 7.93. The number of carbonyl (C=O) groups is 1. The molecule has 0 saturated heterocycles. The van der Waals surface area contributed by atoms with Crippen LogP contribution in [0.25, 0.3) is 0 Å². The van der Waals surface area contributed by atoms with Gasteiger partial charge in [-0.15, -0.1) is 5.11 Å². The average Bonchev–Trinajstić information content (AvgIpc) is 2.64. The molecule has 0 saturated carbocycles. The average molecular weight is 358 g/mol. The summed E-state index contributed by atoms with van der Waals surface area (Å²) in [5, 5.41) is 18.1. The number of hydrogen-bond acceptors (Lipinski definition) is 6. The molecule has 0 heterocycles. The van der Waals surface area contributed by atoms with Crippen molar-refractivity contribution >= 4 is 11.7 Å². The van der Waals surface area contributed by atoms with Crippen LogP contribution in [0.2, 0.25) is 0 Å². The molecule has 2 aromatic rings. The third-order valence-corrected chi connectivity index (χ3v) is 3.36. The molecule has 0 bridgehead atoms. The Hall–Kier alpha value is -3.22. The molecule has 1 N–H and O–H groups in total. The zero-order valence-electron chi connectivity index (χ0n) is 14.5. The summed E-state index contributed by atoms with van der Waals surface area (Å²) in [6, 6.07) is 12.3. The fourth-order valence-corrected chi connectivity index (χ4v) is 2.05. The van der Waals surface area contributed by atoms with Crippen LogP contribution in [0.5, 0.6) is 5.75 Å². The van der Waals surface area contributed by atoms with E-state index < -0.39 is 5.97 Å². The van der Waals surface area contributed by atoms with Gasteiger partial charge in [0, 0.05) is 6.42 Å². The molecule has 0 aliphatic rings. The molecule has 0 spiro atoms. The van der Waals surface area contributed by atoms with Crippen molar-refractivity contribution in [1.82, 2.24) is 0 Å². The number of aliphatic hydroxyl groups excluding tert-OH is 1. The van der Waals surface area contributed by atoms with Crippen molar-refractivity contribution in [3.63, 3.8) is 0 Å². The number of methoxy groups -OCH3 is 1. The van der Waals surface area contributed by atoms with Crippen LogP contribution in [0, 0.1) is 5.82 Å². The van der Waals surface area contributed by atoms with Crippen LogP contribution in [-0.4, -0.2) is 24.8 Å². The van der Waals surface area contributed by atoms with Gasteiger partial charge in [-0.3, -0.25) is 0 Å². The van der Waals surface area contributed by atoms with Gasteiger partial charge in [0.25, 0.3) is 0 Å². The fraction of sp³-hybridized carbons (Fsp3) is 0.211. The highest BCUT2D eigenvalue weighted by Gasteiger charge is 2.17. The number of esters is 1. The molecule has 6 nitrogen and oxygen atoms in total. The van der Waals surface area contributed by atoms with Crippen molar-refractivity contribution in [3.05, 3.63) is 71.4 Å². The Bertz CT molecular complexity index is 799. The number of benzene rings is 2. The van der Waals surface area contributed by atoms with E-state index in [0.29, 0.717) is 17.0 Å². The maximum absolute atomic E-state index is 13.0. The number of ether oxygens (including phenoxy) is 2. The Labute approximate surface area is 150 Å². The predicted molar refractivity (Wildman–Crippen MR) is 93.9 cm³/mol. The topological polar surface area (TPSA) is 80.5 Å². The molecule has 2 aromatic carbocycles. The number of halogens is 1. The molecule has 0 aromatic heterocycles. The minimum absolute atomic E-state index is 0.00391. The summed E-state index contributed by atoms with van der Waals surface area (Å²) in [6.45, 7) is 1.78. The predicted octanol–water partition coefficient (Wildman–Crippen LogP) is 4.49. The zero-order valence-corrected chi connectivity index (χ0v) is 14.5. The maximum atomic E-state index is 13.0. The number of azo groups is 1. The number of rotatable bonds is 7. The second-order valence-electron chi connectivity index (χ2n) is 5.22. The molecule has 26 heavy (non-hydrogen) atoms. The maximum Gasteiger partial charge on any atom is 0.362 e. The van der Waals surface area contributed by atoms with Crippen molar-refractivity contribution in [2.45, 2.75) is 13.3 Å². The Morgan fingerprint density at radius 2 is 1.77 bits per heavy atom. The third kappa shape index (κ3) is 5.41. The number of carbonyl (C=O) groups excluding carboxylic acids is 1. The van der Waals surface area contributed by atoms with E-state index >= 15 is 0 Å². The van der Waals surface area contributed by atoms with Crippen LogP contribution in [0.1, 0.15) is 12.5 Å². The quantitative estimate of drug-likeness (QED) is 0.342. The number of aliphatic hydroxyl groups is 1. The molecule has 0 unspecified atom stereocenters. The summed E-state index contributed by atoms with van der Waals surface area (Å²) in [4.78, 5) is 12.1. The van der Waals surface area contributed by atoms with Crippen LogP contribution in [0.3, 0.4) is 0 Å². The van der Waals surface area contributed by atoms with Gasteiger partial charge in [0.15, 0.2) is 0 Å². The molecule has 0 aliphatic carbocycles. The van der Waals surface area contributed by atoms with E-state index in [9.17, 15) is 14.3 Å². The monoisotopic (exact) mass is 358 g/mol. The van der Waals surface area contributed by atoms with Crippen LogP contribution >= 0.6 is 0 Å². The van der Waals surface area contributed by atoms with E-state index in [1.54, 1.807) is 38.3 Å². The summed E-state index contributed by atoms with van der Waals surface area (Å²) in [6.07, 6.45) is -0.00391. The standard InChI is InChI=1S/C19H19FN2O4/c1-3-26-19(24)18(17(23)12-13-4-6-14(20)7-5-13)22-21-15-8-10-16(25-2)11-9-15/h4-11,23H,3,12H2,1-2H3. The molecule has 0 fully saturated rings. The van der Waals surface area contributed by atoms with Crippen molar-refractivity contribution in [1.29, 1.82) is 0 Å². The molecule has 136 valence electrons. The summed E-state index contributed by atoms with van der Waals surface area (Å²) in [5.41, 5.74) is 0.791. The van der Waals surface area contributed by atoms with Gasteiger partial charge in [-0.1, -0.05) is 12.1 Å². The molecular weight excluding hydrogens is 339 g/mol. The van der Waals surface area contributed by atoms with Gasteiger partial charge in [0.05, 0.1) is 19.4 Å². The lowest BCUT2D eigenvalue weighted by Gasteiger charge is -2.06. The lowest BCUT2D eigenvalue weighted by molar-refractivity contribution is -0.138. The summed E-state index contributed by atoms with van der Waals surface area (Å²) in [5.74, 6) is -0.831. The van der Waals surface area contributed by atoms with Gasteiger partial charge in [-0.2, -0.15) is 5.11 Å². The first kappa shape index (κ1) is 19.1. The van der Waals surface area contributed by atoms with E-state index in [0.717, 1.165) is 0 Å². The first-order valence-corrected chi connectivity index (χ1v) is 7.93. The zero-order chi connectivity index (χ0) is 18.9. The highest BCUT2D eigenvalue weighted by atomic mass is 19.1. The molecule has 0 radical (unpaired) electrons. The number of hydrogen-bond donors (Lipinski definition) is 1. The van der Waals surface area contributed by atoms with Crippen LogP contribution in [-0.2, 0) is 16.0 Å². The third-order valence-electron chi connectivity index (χ3n) is 3.36. The number of allylic oxidation sites excluding steroid dienone is 1. The Morgan fingerprint density at radius 3 is 2.35 bits per heavy atom. The van der Waals surface area contributed by atoms with E-state index in [1.807, 2.05) is 0 Å². The Balaban J connectivity index is 2.26. The van der Waals surface area contributed by atoms with Crippen LogP contribution in [0.4, 0.5) is 10.1 Å². The second kappa shape index (κ2) is 9.31. The summed E-state index contributed by atoms with van der Waals surface area (Å²) < 4.78 is 23.0. The first-order chi connectivity index (χ1) is 12.5. The van der Waals surface area contributed by atoms with E-state index in [4.69, 9.17) is 9.47 Å². The van der Waals surface area contributed by atoms with Crippen molar-refractivity contribution in [2.75, 3.05) is 13.7 Å². The molecule has 0 amide bonds. The van der Waals surface area contributed by atoms with Gasteiger partial charge in [0.1, 0.15) is 17.3 Å². The van der Waals surface area contributed by atoms with Gasteiger partial charge < -0.3 is 14.6 Å². The normalized spacial score (nSPS) is 12.0. The van der Waals surface area contributed by atoms with Crippen LogP contribution in [0.15, 0.2) is 70.2 Å². The largest absolute Gasteiger partial charge is 0.509 e. The van der Waals surface area contributed by atoms with Gasteiger partial charge in [0.2, 0.25) is 5.70 Å². The van der Waals surface area contributed by atoms with Crippen molar-refractivity contribution in [3.8, 4) is 5.75 Å². The Morgan fingerprint density at radius 1 is 1.12 bits per heavy atom. The highest BCUT2D eigenvalue weighted by molar-refractivity contribution is 5.88. The van der Waals surface area contributed by atoms with E-state index in [1.165, 1.54) is 24.3 Å². The van der Waals surface area contributed by atoms with E-state index in [2.05, 4.69) is 10.2 Å². The highest BCUT2D eigenvalue weighted by Crippen LogP contribution is 2.20. The molecular formula is C19H19FN2O4.